The van der Waals surface area contributed by atoms with Gasteiger partial charge in [-0.1, -0.05) is 0 Å². The number of hydrogen-bond donors (Lipinski definition) is 2. The Morgan fingerprint density at radius 2 is 1.85 bits per heavy atom. The molecule has 1 heterocycles. The van der Waals surface area contributed by atoms with Crippen molar-refractivity contribution in [3.8, 4) is 5.75 Å². The molecular weight excluding hydrogens is 374 g/mol. The fourth-order valence-electron chi connectivity index (χ4n) is 2.44. The van der Waals surface area contributed by atoms with Crippen molar-refractivity contribution >= 4 is 32.7 Å². The molecule has 3 rings (SSSR count). The maximum Gasteiger partial charge on any atom is 0.336 e. The van der Waals surface area contributed by atoms with Crippen LogP contribution in [0.25, 0.3) is 11.0 Å². The SMILES string of the molecule is Cc1cc(=O)oc2ccc(OCC(=O)Nc3ccc(S(=O)(=O)O)cc3)cc12. The van der Waals surface area contributed by atoms with Crippen LogP contribution < -0.4 is 15.7 Å². The molecular formula is C18H15NO7S. The molecule has 0 radical (unpaired) electrons. The number of aryl methyl sites for hydroxylation is 1. The van der Waals surface area contributed by atoms with Crippen molar-refractivity contribution in [2.45, 2.75) is 11.8 Å². The first-order valence-electron chi connectivity index (χ1n) is 7.77. The molecule has 27 heavy (non-hydrogen) atoms. The van der Waals surface area contributed by atoms with Gasteiger partial charge < -0.3 is 14.5 Å². The van der Waals surface area contributed by atoms with Crippen molar-refractivity contribution in [1.82, 2.24) is 0 Å². The number of ether oxygens (including phenoxy) is 1. The fourth-order valence-corrected chi connectivity index (χ4v) is 2.92. The number of hydrogen-bond acceptors (Lipinski definition) is 6. The van der Waals surface area contributed by atoms with E-state index in [1.807, 2.05) is 0 Å². The molecule has 1 amide bonds. The van der Waals surface area contributed by atoms with Crippen LogP contribution in [0.15, 0.2) is 62.6 Å². The van der Waals surface area contributed by atoms with Crippen LogP contribution in [0.2, 0.25) is 0 Å². The Labute approximate surface area is 154 Å². The molecule has 140 valence electrons. The highest BCUT2D eigenvalue weighted by atomic mass is 32.2. The highest BCUT2D eigenvalue weighted by molar-refractivity contribution is 7.85. The van der Waals surface area contributed by atoms with Crippen LogP contribution in [0, 0.1) is 6.92 Å². The van der Waals surface area contributed by atoms with E-state index in [0.717, 1.165) is 5.56 Å². The number of anilines is 1. The molecule has 0 saturated carbocycles. The first kappa shape index (κ1) is 18.6. The first-order chi connectivity index (χ1) is 12.7. The summed E-state index contributed by atoms with van der Waals surface area (Å²) in [7, 11) is -4.28. The van der Waals surface area contributed by atoms with Crippen molar-refractivity contribution in [3.63, 3.8) is 0 Å². The predicted molar refractivity (Wildman–Crippen MR) is 97.6 cm³/mol. The normalized spacial score (nSPS) is 11.3. The molecule has 9 heteroatoms. The second-order valence-electron chi connectivity index (χ2n) is 5.74. The summed E-state index contributed by atoms with van der Waals surface area (Å²) in [4.78, 5) is 23.1. The third-order valence-corrected chi connectivity index (χ3v) is 4.59. The number of rotatable bonds is 5. The molecule has 3 aromatic rings. The lowest BCUT2D eigenvalue weighted by Gasteiger charge is -2.09. The summed E-state index contributed by atoms with van der Waals surface area (Å²) in [5.41, 5.74) is 1.07. The summed E-state index contributed by atoms with van der Waals surface area (Å²) >= 11 is 0. The molecule has 0 atom stereocenters. The van der Waals surface area contributed by atoms with E-state index >= 15 is 0 Å². The highest BCUT2D eigenvalue weighted by Gasteiger charge is 2.10. The second-order valence-corrected chi connectivity index (χ2v) is 7.16. The van der Waals surface area contributed by atoms with E-state index in [1.54, 1.807) is 25.1 Å². The molecule has 2 N–H and O–H groups in total. The van der Waals surface area contributed by atoms with Gasteiger partial charge in [-0.25, -0.2) is 4.79 Å². The number of benzene rings is 2. The molecule has 0 aliphatic heterocycles. The molecule has 2 aromatic carbocycles. The Kier molecular flexibility index (Phi) is 4.98. The van der Waals surface area contributed by atoms with Crippen LogP contribution in [0.3, 0.4) is 0 Å². The van der Waals surface area contributed by atoms with Crippen molar-refractivity contribution < 1.29 is 26.9 Å². The van der Waals surface area contributed by atoms with Gasteiger partial charge in [-0.15, -0.1) is 0 Å². The van der Waals surface area contributed by atoms with Crippen LogP contribution in [0.5, 0.6) is 5.75 Å². The summed E-state index contributed by atoms with van der Waals surface area (Å²) in [5, 5.41) is 3.25. The van der Waals surface area contributed by atoms with Crippen LogP contribution in [0.1, 0.15) is 5.56 Å². The number of fused-ring (bicyclic) bond motifs is 1. The maximum absolute atomic E-state index is 12.0. The van der Waals surface area contributed by atoms with Gasteiger partial charge in [0, 0.05) is 17.1 Å². The molecule has 0 fully saturated rings. The molecule has 0 aliphatic carbocycles. The summed E-state index contributed by atoms with van der Waals surface area (Å²) in [6, 6.07) is 11.3. The quantitative estimate of drug-likeness (QED) is 0.507. The van der Waals surface area contributed by atoms with Gasteiger partial charge >= 0.3 is 5.63 Å². The number of amides is 1. The van der Waals surface area contributed by atoms with Gasteiger partial charge in [0.2, 0.25) is 0 Å². The van der Waals surface area contributed by atoms with E-state index in [1.165, 1.54) is 30.3 Å². The Bertz CT molecular complexity index is 1160. The van der Waals surface area contributed by atoms with Gasteiger partial charge in [-0.05, 0) is 55.0 Å². The Hall–Kier alpha value is -3.17. The maximum atomic E-state index is 12.0. The number of carbonyl (C=O) groups excluding carboxylic acids is 1. The van der Waals surface area contributed by atoms with Crippen molar-refractivity contribution in [2.24, 2.45) is 0 Å². The zero-order valence-corrected chi connectivity index (χ0v) is 14.9. The second kappa shape index (κ2) is 7.22. The van der Waals surface area contributed by atoms with E-state index in [9.17, 15) is 18.0 Å². The van der Waals surface area contributed by atoms with Crippen LogP contribution in [-0.4, -0.2) is 25.5 Å². The van der Waals surface area contributed by atoms with Gasteiger partial charge in [0.05, 0.1) is 4.90 Å². The van der Waals surface area contributed by atoms with E-state index in [0.29, 0.717) is 22.4 Å². The van der Waals surface area contributed by atoms with E-state index in [4.69, 9.17) is 13.7 Å². The summed E-state index contributed by atoms with van der Waals surface area (Å²) in [6.07, 6.45) is 0. The van der Waals surface area contributed by atoms with E-state index in [-0.39, 0.29) is 11.5 Å². The van der Waals surface area contributed by atoms with Crippen LogP contribution in [0.4, 0.5) is 5.69 Å². The largest absolute Gasteiger partial charge is 0.484 e. The van der Waals surface area contributed by atoms with Crippen molar-refractivity contribution in [3.05, 3.63) is 64.5 Å². The van der Waals surface area contributed by atoms with Crippen molar-refractivity contribution in [1.29, 1.82) is 0 Å². The Morgan fingerprint density at radius 3 is 2.52 bits per heavy atom. The van der Waals surface area contributed by atoms with Crippen LogP contribution >= 0.6 is 0 Å². The lowest BCUT2D eigenvalue weighted by Crippen LogP contribution is -2.20. The lowest BCUT2D eigenvalue weighted by molar-refractivity contribution is -0.118. The minimum atomic E-state index is -4.28. The third-order valence-electron chi connectivity index (χ3n) is 3.73. The minimum Gasteiger partial charge on any atom is -0.484 e. The number of carbonyl (C=O) groups is 1. The van der Waals surface area contributed by atoms with Crippen LogP contribution in [-0.2, 0) is 14.9 Å². The van der Waals surface area contributed by atoms with Gasteiger partial charge in [0.25, 0.3) is 16.0 Å². The van der Waals surface area contributed by atoms with Gasteiger partial charge in [0.1, 0.15) is 11.3 Å². The predicted octanol–water partition coefficient (Wildman–Crippen LogP) is 2.37. The summed E-state index contributed by atoms with van der Waals surface area (Å²) in [6.45, 7) is 1.49. The molecule has 0 unspecified atom stereocenters. The topological polar surface area (TPSA) is 123 Å². The molecule has 0 aliphatic rings. The molecule has 0 saturated heterocycles. The summed E-state index contributed by atoms with van der Waals surface area (Å²) < 4.78 is 41.4. The zero-order valence-electron chi connectivity index (χ0n) is 14.1. The standard InChI is InChI=1S/C18H15NO7S/c1-11-8-18(21)26-16-7-4-13(9-15(11)16)25-10-17(20)19-12-2-5-14(6-3-12)27(22,23)24/h2-9H,10H2,1H3,(H,19,20)(H,22,23,24). The van der Waals surface area contributed by atoms with Gasteiger partial charge in [-0.2, -0.15) is 8.42 Å². The highest BCUT2D eigenvalue weighted by Crippen LogP contribution is 2.22. The molecule has 0 bridgehead atoms. The monoisotopic (exact) mass is 389 g/mol. The molecule has 1 aromatic heterocycles. The van der Waals surface area contributed by atoms with Crippen molar-refractivity contribution in [2.75, 3.05) is 11.9 Å². The average molecular weight is 389 g/mol. The minimum absolute atomic E-state index is 0.269. The van der Waals surface area contributed by atoms with Gasteiger partial charge in [0.15, 0.2) is 6.61 Å². The fraction of sp³-hybridized carbons (Fsp3) is 0.111. The zero-order chi connectivity index (χ0) is 19.6. The average Bonchev–Trinajstić information content (AvgIpc) is 2.60. The lowest BCUT2D eigenvalue weighted by atomic mass is 10.1. The van der Waals surface area contributed by atoms with E-state index in [2.05, 4.69) is 5.32 Å². The Balaban J connectivity index is 1.65. The number of nitrogens with one attached hydrogen (secondary N) is 1. The molecule has 8 nitrogen and oxygen atoms in total. The Morgan fingerprint density at radius 1 is 1.15 bits per heavy atom. The summed E-state index contributed by atoms with van der Waals surface area (Å²) in [5.74, 6) is -0.0256. The molecule has 0 spiro atoms. The first-order valence-corrected chi connectivity index (χ1v) is 9.21. The van der Waals surface area contributed by atoms with Gasteiger partial charge in [-0.3, -0.25) is 9.35 Å². The van der Waals surface area contributed by atoms with E-state index < -0.39 is 21.7 Å². The smallest absolute Gasteiger partial charge is 0.336 e. The third kappa shape index (κ3) is 4.52.